The van der Waals surface area contributed by atoms with E-state index in [4.69, 9.17) is 4.98 Å². The number of likely N-dealkylation sites (N-methyl/N-ethyl adjacent to an activating group) is 1. The molecule has 1 fully saturated rings. The first-order valence-corrected chi connectivity index (χ1v) is 7.76. The van der Waals surface area contributed by atoms with Crippen LogP contribution in [0.5, 0.6) is 0 Å². The fourth-order valence-electron chi connectivity index (χ4n) is 2.54. The number of aromatic nitrogens is 2. The molecule has 1 atom stereocenters. The lowest BCUT2D eigenvalue weighted by molar-refractivity contribution is 0.337. The molecule has 1 aliphatic rings. The van der Waals surface area contributed by atoms with Crippen molar-refractivity contribution in [3.63, 3.8) is 0 Å². The first-order chi connectivity index (χ1) is 8.97. The zero-order valence-corrected chi connectivity index (χ0v) is 13.8. The van der Waals surface area contributed by atoms with E-state index in [-0.39, 0.29) is 0 Å². The lowest BCUT2D eigenvalue weighted by Gasteiger charge is -2.29. The van der Waals surface area contributed by atoms with Crippen LogP contribution < -0.4 is 4.90 Å². The molecule has 0 amide bonds. The molecule has 0 N–H and O–H groups in total. The second-order valence-corrected chi connectivity index (χ2v) is 6.53. The minimum Gasteiger partial charge on any atom is -0.352 e. The fraction of sp³-hybridized carbons (Fsp3) is 0.714. The maximum Gasteiger partial charge on any atom is 0.134 e. The summed E-state index contributed by atoms with van der Waals surface area (Å²) in [5.74, 6) is 2.31. The molecular weight excluding hydrogens is 304 g/mol. The number of rotatable bonds is 2. The van der Waals surface area contributed by atoms with Crippen molar-refractivity contribution in [3.05, 3.63) is 16.5 Å². The van der Waals surface area contributed by atoms with E-state index in [9.17, 15) is 0 Å². The van der Waals surface area contributed by atoms with Gasteiger partial charge < -0.3 is 9.80 Å². The molecule has 1 aromatic heterocycles. The summed E-state index contributed by atoms with van der Waals surface area (Å²) in [5, 5.41) is 0. The van der Waals surface area contributed by atoms with E-state index in [1.807, 2.05) is 6.07 Å². The predicted octanol–water partition coefficient (Wildman–Crippen LogP) is 2.89. The second-order valence-electron chi connectivity index (χ2n) is 5.72. The average Bonchev–Trinajstić information content (AvgIpc) is 2.49. The Morgan fingerprint density at radius 2 is 2.05 bits per heavy atom. The quantitative estimate of drug-likeness (QED) is 0.782. The van der Waals surface area contributed by atoms with Gasteiger partial charge in [0.2, 0.25) is 0 Å². The molecule has 0 spiro atoms. The maximum atomic E-state index is 4.74. The molecule has 0 aliphatic carbocycles. The van der Waals surface area contributed by atoms with Crippen LogP contribution in [0.15, 0.2) is 10.7 Å². The van der Waals surface area contributed by atoms with Gasteiger partial charge in [-0.3, -0.25) is 0 Å². The van der Waals surface area contributed by atoms with Gasteiger partial charge in [-0.2, -0.15) is 0 Å². The van der Waals surface area contributed by atoms with Gasteiger partial charge >= 0.3 is 0 Å². The van der Waals surface area contributed by atoms with Crippen LogP contribution in [0.3, 0.4) is 0 Å². The molecule has 0 aromatic carbocycles. The van der Waals surface area contributed by atoms with Crippen molar-refractivity contribution in [1.29, 1.82) is 0 Å². The lowest BCUT2D eigenvalue weighted by atomic mass is 10.2. The Morgan fingerprint density at radius 1 is 1.32 bits per heavy atom. The molecule has 1 unspecified atom stereocenters. The molecule has 4 nitrogen and oxygen atoms in total. The van der Waals surface area contributed by atoms with E-state index in [1.165, 1.54) is 6.42 Å². The molecule has 2 heterocycles. The molecule has 1 aliphatic heterocycles. The van der Waals surface area contributed by atoms with Crippen LogP contribution in [0.2, 0.25) is 0 Å². The van der Waals surface area contributed by atoms with Crippen LogP contribution in [0.1, 0.15) is 38.9 Å². The summed E-state index contributed by atoms with van der Waals surface area (Å²) < 4.78 is 0.881. The molecule has 0 saturated carbocycles. The summed E-state index contributed by atoms with van der Waals surface area (Å²) in [7, 11) is 2.19. The Labute approximate surface area is 124 Å². The molecular formula is C14H23BrN4. The van der Waals surface area contributed by atoms with Gasteiger partial charge in [-0.15, -0.1) is 0 Å². The largest absolute Gasteiger partial charge is 0.352 e. The SMILES string of the molecule is CC(C)c1nc(Br)cc(N2CCCN(C)CC2C)n1. The molecule has 0 bridgehead atoms. The second kappa shape index (κ2) is 6.18. The number of halogens is 1. The summed E-state index contributed by atoms with van der Waals surface area (Å²) >= 11 is 3.51. The third-order valence-electron chi connectivity index (χ3n) is 3.56. The van der Waals surface area contributed by atoms with E-state index >= 15 is 0 Å². The third-order valence-corrected chi connectivity index (χ3v) is 3.96. The third kappa shape index (κ3) is 3.66. The Hall–Kier alpha value is -0.680. The molecule has 106 valence electrons. The highest BCUT2D eigenvalue weighted by molar-refractivity contribution is 9.10. The smallest absolute Gasteiger partial charge is 0.134 e. The Morgan fingerprint density at radius 3 is 2.74 bits per heavy atom. The highest BCUT2D eigenvalue weighted by Crippen LogP contribution is 2.23. The lowest BCUT2D eigenvalue weighted by Crippen LogP contribution is -2.38. The summed E-state index contributed by atoms with van der Waals surface area (Å²) in [6, 6.07) is 2.52. The molecule has 2 rings (SSSR count). The van der Waals surface area contributed by atoms with Gasteiger partial charge in [0.15, 0.2) is 0 Å². The fourth-order valence-corrected chi connectivity index (χ4v) is 2.93. The van der Waals surface area contributed by atoms with Gasteiger partial charge in [0.05, 0.1) is 0 Å². The van der Waals surface area contributed by atoms with E-state index in [1.54, 1.807) is 0 Å². The normalized spacial score (nSPS) is 21.8. The van der Waals surface area contributed by atoms with E-state index < -0.39 is 0 Å². The van der Waals surface area contributed by atoms with Gasteiger partial charge in [0.25, 0.3) is 0 Å². The average molecular weight is 327 g/mol. The zero-order valence-electron chi connectivity index (χ0n) is 12.2. The van der Waals surface area contributed by atoms with Crippen molar-refractivity contribution in [2.45, 2.75) is 39.2 Å². The summed E-state index contributed by atoms with van der Waals surface area (Å²) in [6.07, 6.45) is 1.18. The van der Waals surface area contributed by atoms with Crippen LogP contribution in [0.4, 0.5) is 5.82 Å². The van der Waals surface area contributed by atoms with Crippen molar-refractivity contribution >= 4 is 21.7 Å². The Bertz CT molecular complexity index is 435. The molecule has 1 saturated heterocycles. The number of hydrogen-bond donors (Lipinski definition) is 0. The van der Waals surface area contributed by atoms with E-state index in [2.05, 4.69) is 58.5 Å². The number of anilines is 1. The molecule has 19 heavy (non-hydrogen) atoms. The minimum atomic E-state index is 0.348. The van der Waals surface area contributed by atoms with Gasteiger partial charge in [0.1, 0.15) is 16.2 Å². The minimum absolute atomic E-state index is 0.348. The number of hydrogen-bond acceptors (Lipinski definition) is 4. The van der Waals surface area contributed by atoms with Gasteiger partial charge in [-0.05, 0) is 42.9 Å². The number of nitrogens with zero attached hydrogens (tertiary/aromatic N) is 4. The first-order valence-electron chi connectivity index (χ1n) is 6.97. The van der Waals surface area contributed by atoms with Crippen molar-refractivity contribution in [2.75, 3.05) is 31.6 Å². The monoisotopic (exact) mass is 326 g/mol. The zero-order chi connectivity index (χ0) is 14.0. The van der Waals surface area contributed by atoms with Crippen molar-refractivity contribution < 1.29 is 0 Å². The van der Waals surface area contributed by atoms with Crippen LogP contribution in [0, 0.1) is 0 Å². The van der Waals surface area contributed by atoms with Gasteiger partial charge in [-0.1, -0.05) is 13.8 Å². The van der Waals surface area contributed by atoms with Crippen LogP contribution in [-0.2, 0) is 0 Å². The van der Waals surface area contributed by atoms with Crippen LogP contribution in [-0.4, -0.2) is 47.6 Å². The Kier molecular flexibility index (Phi) is 4.79. The molecule has 5 heteroatoms. The van der Waals surface area contributed by atoms with Crippen molar-refractivity contribution in [2.24, 2.45) is 0 Å². The Balaban J connectivity index is 2.29. The van der Waals surface area contributed by atoms with E-state index in [0.29, 0.717) is 12.0 Å². The first kappa shape index (κ1) is 14.7. The van der Waals surface area contributed by atoms with Crippen LogP contribution in [0.25, 0.3) is 0 Å². The van der Waals surface area contributed by atoms with E-state index in [0.717, 1.165) is 35.9 Å². The van der Waals surface area contributed by atoms with Crippen molar-refractivity contribution in [1.82, 2.24) is 14.9 Å². The highest BCUT2D eigenvalue weighted by atomic mass is 79.9. The summed E-state index contributed by atoms with van der Waals surface area (Å²) in [5.41, 5.74) is 0. The summed E-state index contributed by atoms with van der Waals surface area (Å²) in [4.78, 5) is 14.0. The van der Waals surface area contributed by atoms with Crippen LogP contribution >= 0.6 is 15.9 Å². The molecule has 0 radical (unpaired) electrons. The maximum absolute atomic E-state index is 4.74. The van der Waals surface area contributed by atoms with Gasteiger partial charge in [0, 0.05) is 31.1 Å². The standard InChI is InChI=1S/C14H23BrN4/c1-10(2)14-16-12(15)8-13(17-14)19-7-5-6-18(4)9-11(19)3/h8,10-11H,5-7,9H2,1-4H3. The van der Waals surface area contributed by atoms with Crippen molar-refractivity contribution in [3.8, 4) is 0 Å². The summed E-state index contributed by atoms with van der Waals surface area (Å²) in [6.45, 7) is 9.83. The van der Waals surface area contributed by atoms with Gasteiger partial charge in [-0.25, -0.2) is 9.97 Å². The topological polar surface area (TPSA) is 32.3 Å². The predicted molar refractivity (Wildman–Crippen MR) is 82.7 cm³/mol. The highest BCUT2D eigenvalue weighted by Gasteiger charge is 2.22. The molecule has 1 aromatic rings.